The molecule has 2 saturated heterocycles. The molecule has 2 fully saturated rings. The van der Waals surface area contributed by atoms with Gasteiger partial charge in [-0.1, -0.05) is 38.8 Å². The summed E-state index contributed by atoms with van der Waals surface area (Å²) in [5.74, 6) is -2.21. The van der Waals surface area contributed by atoms with Crippen molar-refractivity contribution in [3.63, 3.8) is 0 Å². The minimum Gasteiger partial charge on any atom is -0.477 e. The van der Waals surface area contributed by atoms with Gasteiger partial charge in [0.1, 0.15) is 17.3 Å². The molecule has 0 spiro atoms. The highest BCUT2D eigenvalue weighted by Crippen LogP contribution is 2.41. The number of carbonyl (C=O) groups excluding carboxylic acids is 3. The van der Waals surface area contributed by atoms with Gasteiger partial charge in [0, 0.05) is 53.9 Å². The van der Waals surface area contributed by atoms with Crippen LogP contribution in [0.5, 0.6) is 0 Å². The Kier molecular flexibility index (Phi) is 14.1. The molecule has 63 heavy (non-hydrogen) atoms. The lowest BCUT2D eigenvalue weighted by Crippen LogP contribution is -2.48. The second-order valence-corrected chi connectivity index (χ2v) is 16.7. The molecule has 0 radical (unpaired) electrons. The number of anilines is 6. The lowest BCUT2D eigenvalue weighted by molar-refractivity contribution is -0.168. The number of hydrogen-bond donors (Lipinski definition) is 4. The number of ketones is 1. The maximum Gasteiger partial charge on any atom is 0.403 e. The van der Waals surface area contributed by atoms with Gasteiger partial charge >= 0.3 is 30.4 Å². The van der Waals surface area contributed by atoms with Crippen LogP contribution in [0.25, 0.3) is 0 Å². The Morgan fingerprint density at radius 2 is 1.17 bits per heavy atom. The third kappa shape index (κ3) is 11.1. The highest BCUT2D eigenvalue weighted by atomic mass is 79.9. The number of aromatic carboxylic acids is 1. The molecule has 8 heterocycles. The maximum atomic E-state index is 13.1. The minimum atomic E-state index is -4.46. The summed E-state index contributed by atoms with van der Waals surface area (Å²) >= 11 is 6.67. The van der Waals surface area contributed by atoms with Gasteiger partial charge in [-0.05, 0) is 68.3 Å². The number of fused-ring (bicyclic) bond motifs is 8. The lowest BCUT2D eigenvalue weighted by Gasteiger charge is -2.35. The van der Waals surface area contributed by atoms with Gasteiger partial charge in [-0.25, -0.2) is 34.3 Å². The van der Waals surface area contributed by atoms with E-state index in [1.807, 2.05) is 0 Å². The molecule has 0 aromatic carbocycles. The van der Waals surface area contributed by atoms with Crippen LogP contribution in [0.2, 0.25) is 0 Å². The third-order valence-corrected chi connectivity index (χ3v) is 11.3. The Morgan fingerprint density at radius 1 is 0.746 bits per heavy atom. The van der Waals surface area contributed by atoms with E-state index < -0.39 is 48.5 Å². The number of urea groups is 2. The molecule has 4 amide bonds. The number of carbonyl (C=O) groups is 4. The number of carboxylic acid groups (broad SMARTS) is 1. The van der Waals surface area contributed by atoms with Crippen molar-refractivity contribution in [1.29, 1.82) is 0 Å². The molecule has 0 unspecified atom stereocenters. The van der Waals surface area contributed by atoms with Crippen molar-refractivity contribution < 1.29 is 50.6 Å². The van der Waals surface area contributed by atoms with E-state index in [-0.39, 0.29) is 35.3 Å². The number of carboxylic acids is 1. The van der Waals surface area contributed by atoms with Crippen molar-refractivity contribution in [2.75, 3.05) is 56.4 Å². The molecule has 8 rings (SSSR count). The van der Waals surface area contributed by atoms with Crippen LogP contribution in [0.1, 0.15) is 54.1 Å². The largest absolute Gasteiger partial charge is 0.477 e. The Morgan fingerprint density at radius 3 is 1.57 bits per heavy atom. The average molecular weight is 1020 g/mol. The minimum absolute atomic E-state index is 0.0452. The summed E-state index contributed by atoms with van der Waals surface area (Å²) < 4.78 is 73.3. The first-order chi connectivity index (χ1) is 29.6. The monoisotopic (exact) mass is 1010 g/mol. The molecule has 336 valence electrons. The molecule has 24 heteroatoms. The molecule has 4 aliphatic rings. The van der Waals surface area contributed by atoms with E-state index in [0.717, 1.165) is 48.0 Å². The van der Waals surface area contributed by atoms with Gasteiger partial charge in [0.2, 0.25) is 0 Å². The number of Topliss-reactive ketones (excluding diaryl/α,β-unsaturated/α-hetero) is 1. The first-order valence-corrected chi connectivity index (χ1v) is 20.8. The zero-order valence-corrected chi connectivity index (χ0v) is 36.5. The van der Waals surface area contributed by atoms with Gasteiger partial charge in [0.05, 0.1) is 35.4 Å². The predicted octanol–water partition coefficient (Wildman–Crippen LogP) is 8.11. The van der Waals surface area contributed by atoms with Crippen LogP contribution in [0.3, 0.4) is 0 Å². The number of nitrogens with zero attached hydrogens (tertiary/aromatic N) is 8. The van der Waals surface area contributed by atoms with Crippen LogP contribution < -0.4 is 36.0 Å². The van der Waals surface area contributed by atoms with Crippen molar-refractivity contribution in [1.82, 2.24) is 19.9 Å². The van der Waals surface area contributed by atoms with Crippen molar-refractivity contribution in [3.8, 4) is 0 Å². The topological polar surface area (TPSA) is 203 Å². The van der Waals surface area contributed by atoms with Crippen LogP contribution in [0.15, 0.2) is 69.9 Å². The number of rotatable bonds is 6. The Hall–Kier alpha value is -5.62. The predicted molar refractivity (Wildman–Crippen MR) is 227 cm³/mol. The number of hydrogen-bond acceptors (Lipinski definition) is 11. The second-order valence-electron chi connectivity index (χ2n) is 14.9. The quantitative estimate of drug-likeness (QED) is 0.107. The first-order valence-electron chi connectivity index (χ1n) is 19.2. The molecule has 4 atom stereocenters. The van der Waals surface area contributed by atoms with Gasteiger partial charge in [-0.2, -0.15) is 26.3 Å². The summed E-state index contributed by atoms with van der Waals surface area (Å²) in [5, 5.41) is 14.7. The normalized spacial score (nSPS) is 18.1. The summed E-state index contributed by atoms with van der Waals surface area (Å²) in [6.45, 7) is 4.72. The number of halogens is 8. The van der Waals surface area contributed by atoms with Crippen LogP contribution in [-0.2, 0) is 0 Å². The molecule has 4 aliphatic heterocycles. The Bertz CT molecular complexity index is 2380. The molecule has 4 aromatic heterocycles. The molecule has 5 N–H and O–H groups in total. The van der Waals surface area contributed by atoms with Gasteiger partial charge in [-0.3, -0.25) is 25.2 Å². The van der Waals surface area contributed by atoms with Gasteiger partial charge in [0.25, 0.3) is 0 Å². The average Bonchev–Trinajstić information content (AvgIpc) is 3.82. The zero-order chi connectivity index (χ0) is 46.0. The standard InChI is InChI=1S/C20H19BrF3N5O2.C16H14BrN5O3.C3H6F3N/c1-11(20(22,23)24)8-16(30)14-2-3-15-18(26-14)29(13-5-7-28(15)10-13)19(31)27-17-9-12(21)4-6-25-17;17-9-3-5-18-13(7-9)20-16(25)22-10-4-6-21(8-10)12-2-1-11(15(23)24)19-14(12)22;1-2(7)3(4,5)6/h2-4,6,9,11,13H,5,7-8,10H2,1H3,(H,25,27,31);1-3,5,7,10H,4,6,8H2,(H,23,24)(H,18,20,25);2H,7H2,1H3/t11-,13-;10-;2-/m001/s1. The summed E-state index contributed by atoms with van der Waals surface area (Å²) in [7, 11) is 0. The van der Waals surface area contributed by atoms with Crippen LogP contribution in [-0.4, -0.2) is 106 Å². The number of nitrogens with two attached hydrogens (primary N) is 1. The van der Waals surface area contributed by atoms with Crippen molar-refractivity contribution in [2.45, 2.75) is 63.6 Å². The van der Waals surface area contributed by atoms with Gasteiger partial charge < -0.3 is 20.6 Å². The van der Waals surface area contributed by atoms with E-state index in [0.29, 0.717) is 42.7 Å². The summed E-state index contributed by atoms with van der Waals surface area (Å²) in [6, 6.07) is 10.4. The Balaban J connectivity index is 0.000000185. The van der Waals surface area contributed by atoms with Crippen molar-refractivity contribution in [3.05, 3.63) is 81.3 Å². The fraction of sp³-hybridized carbons (Fsp3) is 0.385. The van der Waals surface area contributed by atoms with Crippen LogP contribution in [0, 0.1) is 5.92 Å². The number of alkyl halides is 6. The number of amides is 4. The summed E-state index contributed by atoms with van der Waals surface area (Å²) in [5.41, 5.74) is 5.72. The smallest absolute Gasteiger partial charge is 0.403 e. The fourth-order valence-electron chi connectivity index (χ4n) is 7.00. The number of pyridine rings is 4. The van der Waals surface area contributed by atoms with E-state index in [2.05, 4.69) is 78.0 Å². The molecule has 4 aromatic rings. The van der Waals surface area contributed by atoms with E-state index >= 15 is 0 Å². The van der Waals surface area contributed by atoms with Crippen molar-refractivity contribution in [2.24, 2.45) is 11.7 Å². The van der Waals surface area contributed by atoms with Crippen LogP contribution in [0.4, 0.5) is 70.6 Å². The van der Waals surface area contributed by atoms with Crippen LogP contribution >= 0.6 is 31.9 Å². The first kappa shape index (κ1) is 46.9. The summed E-state index contributed by atoms with van der Waals surface area (Å²) in [6.07, 6.45) is -4.74. The summed E-state index contributed by atoms with van der Waals surface area (Å²) in [4.78, 5) is 73.7. The molecule has 0 aliphatic carbocycles. The lowest BCUT2D eigenvalue weighted by atomic mass is 10.0. The second kappa shape index (κ2) is 19.0. The van der Waals surface area contributed by atoms with E-state index in [1.165, 1.54) is 23.2 Å². The van der Waals surface area contributed by atoms with E-state index in [4.69, 9.17) is 0 Å². The SMILES string of the molecule is C[C@@H](CC(=O)c1ccc2c(n1)N(C(=O)Nc1cc(Br)ccn1)[C@H]1CCN2C1)C(F)(F)F.C[C@@H](N)C(F)(F)F.O=C(O)c1ccc2c(n1)N(C(=O)Nc1cc(Br)ccn1)[C@H]1CCN2C1. The molecule has 0 saturated carbocycles. The number of aromatic nitrogens is 4. The van der Waals surface area contributed by atoms with E-state index in [9.17, 15) is 50.6 Å². The Labute approximate surface area is 372 Å². The van der Waals surface area contributed by atoms with Gasteiger partial charge in [0.15, 0.2) is 23.1 Å². The zero-order valence-electron chi connectivity index (χ0n) is 33.3. The number of nitrogens with one attached hydrogen (secondary N) is 2. The third-order valence-electron chi connectivity index (χ3n) is 10.3. The molecule has 16 nitrogen and oxygen atoms in total. The van der Waals surface area contributed by atoms with E-state index in [1.54, 1.807) is 47.5 Å². The molecular weight excluding hydrogens is 976 g/mol. The van der Waals surface area contributed by atoms with Gasteiger partial charge in [-0.15, -0.1) is 0 Å². The molecule has 4 bridgehead atoms. The molecular formula is C39H39Br2F6N11O5. The van der Waals surface area contributed by atoms with Crippen molar-refractivity contribution >= 4 is 90.3 Å². The highest BCUT2D eigenvalue weighted by molar-refractivity contribution is 9.10. The maximum absolute atomic E-state index is 13.1. The fourth-order valence-corrected chi connectivity index (χ4v) is 7.67. The highest BCUT2D eigenvalue weighted by Gasteiger charge is 2.43.